The Bertz CT molecular complexity index is 1240. The lowest BCUT2D eigenvalue weighted by atomic mass is 9.95. The Kier molecular flexibility index (Phi) is 5.95. The molecule has 1 saturated heterocycles. The number of aliphatic hydroxyl groups excluding tert-OH is 1. The molecule has 1 aromatic heterocycles. The molecule has 1 atom stereocenters. The summed E-state index contributed by atoms with van der Waals surface area (Å²) < 4.78 is 24.5. The Balaban J connectivity index is 1.89. The third kappa shape index (κ3) is 3.85. The molecule has 2 aromatic carbocycles. The van der Waals surface area contributed by atoms with Crippen molar-refractivity contribution in [3.63, 3.8) is 0 Å². The maximum absolute atomic E-state index is 14.3. The molecule has 1 fully saturated rings. The number of ether oxygens (including phenoxy) is 1. The predicted molar refractivity (Wildman–Crippen MR) is 116 cm³/mol. The lowest BCUT2D eigenvalue weighted by Crippen LogP contribution is -2.29. The first-order valence-electron chi connectivity index (χ1n) is 9.41. The Morgan fingerprint density at radius 1 is 1.16 bits per heavy atom. The van der Waals surface area contributed by atoms with Gasteiger partial charge in [-0.2, -0.15) is 0 Å². The van der Waals surface area contributed by atoms with E-state index in [9.17, 15) is 19.1 Å². The lowest BCUT2D eigenvalue weighted by Gasteiger charge is -2.24. The second-order valence-electron chi connectivity index (χ2n) is 7.03. The van der Waals surface area contributed by atoms with Gasteiger partial charge in [0, 0.05) is 5.56 Å². The molecule has 1 aliphatic rings. The largest absolute Gasteiger partial charge is 0.507 e. The molecule has 9 heteroatoms. The SMILES string of the molecule is COc1ccc(C(O)=C2C(=O)C(=O)N(Cc3ccco3)[C@@H]2c2ccc(Cl)c(Cl)c2)cc1F. The molecule has 0 radical (unpaired) electrons. The first-order valence-corrected chi connectivity index (χ1v) is 10.2. The smallest absolute Gasteiger partial charge is 0.296 e. The molecule has 0 spiro atoms. The molecule has 3 aromatic rings. The van der Waals surface area contributed by atoms with Gasteiger partial charge in [0.25, 0.3) is 11.7 Å². The van der Waals surface area contributed by atoms with E-state index in [1.54, 1.807) is 18.2 Å². The molecule has 6 nitrogen and oxygen atoms in total. The zero-order valence-corrected chi connectivity index (χ0v) is 18.2. The topological polar surface area (TPSA) is 80.0 Å². The van der Waals surface area contributed by atoms with Crippen molar-refractivity contribution in [2.45, 2.75) is 12.6 Å². The molecule has 0 aliphatic carbocycles. The van der Waals surface area contributed by atoms with Crippen LogP contribution in [-0.4, -0.2) is 28.8 Å². The second-order valence-corrected chi connectivity index (χ2v) is 7.84. The third-order valence-electron chi connectivity index (χ3n) is 5.13. The molecule has 1 amide bonds. The molecule has 1 aliphatic heterocycles. The molecule has 2 heterocycles. The summed E-state index contributed by atoms with van der Waals surface area (Å²) in [6.07, 6.45) is 1.44. The standard InChI is InChI=1S/C23H16Cl2FNO5/c1-31-18-7-5-13(10-17(18)26)21(28)19-20(12-4-6-15(24)16(25)9-12)27(23(30)22(19)29)11-14-3-2-8-32-14/h2-10,20,28H,11H2,1H3/t20-/m1/s1. The number of ketones is 1. The summed E-state index contributed by atoms with van der Waals surface area (Å²) >= 11 is 12.2. The maximum atomic E-state index is 14.3. The summed E-state index contributed by atoms with van der Waals surface area (Å²) in [6.45, 7) is -0.0315. The highest BCUT2D eigenvalue weighted by Crippen LogP contribution is 2.42. The van der Waals surface area contributed by atoms with E-state index in [-0.39, 0.29) is 33.5 Å². The quantitative estimate of drug-likeness (QED) is 0.305. The van der Waals surface area contributed by atoms with Gasteiger partial charge in [0.05, 0.1) is 41.6 Å². The molecule has 0 bridgehead atoms. The predicted octanol–water partition coefficient (Wildman–Crippen LogP) is 5.36. The third-order valence-corrected chi connectivity index (χ3v) is 5.87. The van der Waals surface area contributed by atoms with Gasteiger partial charge >= 0.3 is 0 Å². The van der Waals surface area contributed by atoms with Crippen LogP contribution in [0.2, 0.25) is 10.0 Å². The molecule has 0 saturated carbocycles. The average Bonchev–Trinajstić information content (AvgIpc) is 3.37. The van der Waals surface area contributed by atoms with E-state index in [2.05, 4.69) is 0 Å². The number of hydrogen-bond acceptors (Lipinski definition) is 5. The van der Waals surface area contributed by atoms with E-state index in [0.717, 1.165) is 6.07 Å². The highest BCUT2D eigenvalue weighted by atomic mass is 35.5. The fraction of sp³-hybridized carbons (Fsp3) is 0.130. The number of methoxy groups -OCH3 is 1. The number of hydrogen-bond donors (Lipinski definition) is 1. The number of Topliss-reactive ketones (excluding diaryl/α,β-unsaturated/α-hetero) is 1. The van der Waals surface area contributed by atoms with Crippen molar-refractivity contribution in [1.82, 2.24) is 4.90 Å². The monoisotopic (exact) mass is 475 g/mol. The zero-order valence-electron chi connectivity index (χ0n) is 16.6. The Morgan fingerprint density at radius 3 is 2.56 bits per heavy atom. The van der Waals surface area contributed by atoms with Crippen LogP contribution in [0.25, 0.3) is 5.76 Å². The number of nitrogens with zero attached hydrogens (tertiary/aromatic N) is 1. The number of carbonyl (C=O) groups is 2. The van der Waals surface area contributed by atoms with E-state index < -0.39 is 29.3 Å². The van der Waals surface area contributed by atoms with Crippen LogP contribution >= 0.6 is 23.2 Å². The van der Waals surface area contributed by atoms with Crippen LogP contribution in [0.4, 0.5) is 4.39 Å². The number of carbonyl (C=O) groups excluding carboxylic acids is 2. The highest BCUT2D eigenvalue weighted by Gasteiger charge is 2.46. The van der Waals surface area contributed by atoms with Gasteiger partial charge in [-0.25, -0.2) is 4.39 Å². The van der Waals surface area contributed by atoms with Crippen LogP contribution in [0.3, 0.4) is 0 Å². The zero-order chi connectivity index (χ0) is 23.0. The van der Waals surface area contributed by atoms with Gasteiger partial charge in [-0.1, -0.05) is 29.3 Å². The van der Waals surface area contributed by atoms with Crippen molar-refractivity contribution in [1.29, 1.82) is 0 Å². The lowest BCUT2D eigenvalue weighted by molar-refractivity contribution is -0.140. The molecule has 32 heavy (non-hydrogen) atoms. The Hall–Kier alpha value is -3.29. The van der Waals surface area contributed by atoms with Crippen molar-refractivity contribution < 1.29 is 28.2 Å². The van der Waals surface area contributed by atoms with Crippen LogP contribution in [0, 0.1) is 5.82 Å². The number of rotatable bonds is 5. The van der Waals surface area contributed by atoms with Gasteiger partial charge in [0.15, 0.2) is 11.6 Å². The Morgan fingerprint density at radius 2 is 1.94 bits per heavy atom. The minimum atomic E-state index is -1.000. The van der Waals surface area contributed by atoms with Gasteiger partial charge in [-0.3, -0.25) is 9.59 Å². The summed E-state index contributed by atoms with van der Waals surface area (Å²) in [7, 11) is 1.31. The number of halogens is 3. The van der Waals surface area contributed by atoms with Gasteiger partial charge in [0.2, 0.25) is 0 Å². The molecule has 164 valence electrons. The fourth-order valence-electron chi connectivity index (χ4n) is 3.61. The van der Waals surface area contributed by atoms with E-state index in [4.69, 9.17) is 32.4 Å². The van der Waals surface area contributed by atoms with Crippen LogP contribution in [0.5, 0.6) is 5.75 Å². The maximum Gasteiger partial charge on any atom is 0.296 e. The number of aliphatic hydroxyl groups is 1. The molecule has 1 N–H and O–H groups in total. The number of likely N-dealkylation sites (tertiary alicyclic amines) is 1. The minimum absolute atomic E-state index is 0.0179. The number of furan rings is 1. The highest BCUT2D eigenvalue weighted by molar-refractivity contribution is 6.46. The first-order chi connectivity index (χ1) is 15.3. The van der Waals surface area contributed by atoms with Gasteiger partial charge in [-0.05, 0) is 48.0 Å². The molecule has 4 rings (SSSR count). The summed E-state index contributed by atoms with van der Waals surface area (Å²) in [5, 5.41) is 11.5. The van der Waals surface area contributed by atoms with Gasteiger partial charge < -0.3 is 19.2 Å². The summed E-state index contributed by atoms with van der Waals surface area (Å²) in [6, 6.07) is 10.7. The fourth-order valence-corrected chi connectivity index (χ4v) is 3.92. The van der Waals surface area contributed by atoms with Crippen molar-refractivity contribution in [3.05, 3.63) is 93.1 Å². The van der Waals surface area contributed by atoms with Crippen LogP contribution in [0.15, 0.2) is 64.8 Å². The average molecular weight is 476 g/mol. The molecular formula is C23H16Cl2FNO5. The summed E-state index contributed by atoms with van der Waals surface area (Å²) in [5.74, 6) is -2.60. The first kappa shape index (κ1) is 21.9. The van der Waals surface area contributed by atoms with Crippen LogP contribution < -0.4 is 4.74 Å². The summed E-state index contributed by atoms with van der Waals surface area (Å²) in [5.41, 5.74) is 0.259. The number of amides is 1. The van der Waals surface area contributed by atoms with Gasteiger partial charge in [0.1, 0.15) is 11.5 Å². The van der Waals surface area contributed by atoms with Gasteiger partial charge in [-0.15, -0.1) is 0 Å². The van der Waals surface area contributed by atoms with Crippen molar-refractivity contribution in [2.24, 2.45) is 0 Å². The minimum Gasteiger partial charge on any atom is -0.507 e. The normalized spacial score (nSPS) is 17.8. The Labute approximate surface area is 192 Å². The van der Waals surface area contributed by atoms with E-state index >= 15 is 0 Å². The van der Waals surface area contributed by atoms with Crippen molar-refractivity contribution in [2.75, 3.05) is 7.11 Å². The molecular weight excluding hydrogens is 460 g/mol. The second kappa shape index (κ2) is 8.68. The number of benzene rings is 2. The van der Waals surface area contributed by atoms with E-state index in [0.29, 0.717) is 11.3 Å². The van der Waals surface area contributed by atoms with E-state index in [1.165, 1.54) is 42.5 Å². The van der Waals surface area contributed by atoms with E-state index in [1.807, 2.05) is 0 Å². The summed E-state index contributed by atoms with van der Waals surface area (Å²) in [4.78, 5) is 27.2. The molecule has 0 unspecified atom stereocenters. The van der Waals surface area contributed by atoms with Crippen molar-refractivity contribution in [3.8, 4) is 5.75 Å². The van der Waals surface area contributed by atoms with Crippen LogP contribution in [-0.2, 0) is 16.1 Å². The van der Waals surface area contributed by atoms with Crippen LogP contribution in [0.1, 0.15) is 22.9 Å². The van der Waals surface area contributed by atoms with Crippen molar-refractivity contribution >= 4 is 40.7 Å².